The van der Waals surface area contributed by atoms with Crippen molar-refractivity contribution in [3.63, 3.8) is 0 Å². The van der Waals surface area contributed by atoms with Gasteiger partial charge in [-0.15, -0.1) is 0 Å². The number of rotatable bonds is 8. The van der Waals surface area contributed by atoms with Gasteiger partial charge in [0.05, 0.1) is 54.5 Å². The average molecular weight is 687 g/mol. The van der Waals surface area contributed by atoms with Crippen LogP contribution in [0.15, 0.2) is 30.6 Å². The van der Waals surface area contributed by atoms with Crippen LogP contribution in [0.5, 0.6) is 5.75 Å². The standard InChI is InChI=1S/C35H42F4N6O4/c1-20-17-44(24-11-21(2)49-22(3)12-24)10-8-28(20)43-34(47)26-13-23(14-30-32(26)42-19-45(30)18-35(37,38)39)7-6-9-41-29-15-25(33(46)40-4)27(36)16-31(29)48-5/h13-16,19-22,24,28,41H,8-12,17-18H2,1-5H3,(H,40,46)(H,43,47)/t20-,21?,22?,24?,28-/m0/s1. The minimum absolute atomic E-state index is 0.0112. The van der Waals surface area contributed by atoms with Gasteiger partial charge in [0.2, 0.25) is 0 Å². The Morgan fingerprint density at radius 1 is 1.08 bits per heavy atom. The van der Waals surface area contributed by atoms with Gasteiger partial charge in [0.15, 0.2) is 0 Å². The Morgan fingerprint density at radius 3 is 2.47 bits per heavy atom. The normalized spacial score (nSPS) is 23.0. The van der Waals surface area contributed by atoms with Gasteiger partial charge in [-0.25, -0.2) is 9.37 Å². The molecule has 2 aromatic carbocycles. The van der Waals surface area contributed by atoms with Crippen molar-refractivity contribution in [1.82, 2.24) is 25.1 Å². The molecule has 10 nitrogen and oxygen atoms in total. The maximum atomic E-state index is 14.4. The van der Waals surface area contributed by atoms with E-state index >= 15 is 0 Å². The lowest BCUT2D eigenvalue weighted by Gasteiger charge is -2.45. The third-order valence-electron chi connectivity index (χ3n) is 9.12. The molecule has 2 fully saturated rings. The highest BCUT2D eigenvalue weighted by molar-refractivity contribution is 6.05. The molecule has 2 aliphatic rings. The minimum atomic E-state index is -4.51. The molecule has 3 aromatic rings. The number of amides is 2. The molecule has 1 aromatic heterocycles. The number of hydrogen-bond donors (Lipinski definition) is 3. The third-order valence-corrected chi connectivity index (χ3v) is 9.12. The second kappa shape index (κ2) is 15.0. The number of anilines is 1. The number of alkyl halides is 3. The largest absolute Gasteiger partial charge is 0.494 e. The van der Waals surface area contributed by atoms with Gasteiger partial charge in [-0.05, 0) is 57.2 Å². The van der Waals surface area contributed by atoms with Crippen molar-refractivity contribution in [2.75, 3.05) is 39.1 Å². The first-order chi connectivity index (χ1) is 23.3. The number of carbonyl (C=O) groups is 2. The molecule has 0 bridgehead atoms. The first-order valence-electron chi connectivity index (χ1n) is 16.3. The van der Waals surface area contributed by atoms with Crippen molar-refractivity contribution < 1.29 is 36.6 Å². The van der Waals surface area contributed by atoms with Crippen molar-refractivity contribution >= 4 is 28.5 Å². The molecule has 2 unspecified atom stereocenters. The number of aromatic nitrogens is 2. The Labute approximate surface area is 282 Å². The van der Waals surface area contributed by atoms with E-state index in [1.54, 1.807) is 0 Å². The molecule has 4 atom stereocenters. The van der Waals surface area contributed by atoms with Crippen molar-refractivity contribution in [3.8, 4) is 17.6 Å². The number of likely N-dealkylation sites (tertiary alicyclic amines) is 1. The fraction of sp³-hybridized carbons (Fsp3) is 0.514. The Bertz CT molecular complexity index is 1740. The molecule has 264 valence electrons. The van der Waals surface area contributed by atoms with Crippen LogP contribution in [0.4, 0.5) is 23.2 Å². The molecule has 0 radical (unpaired) electrons. The van der Waals surface area contributed by atoms with Crippen LogP contribution >= 0.6 is 0 Å². The summed E-state index contributed by atoms with van der Waals surface area (Å²) in [6.07, 6.45) is -0.380. The molecule has 3 heterocycles. The van der Waals surface area contributed by atoms with Gasteiger partial charge < -0.3 is 30.0 Å². The monoisotopic (exact) mass is 686 g/mol. The maximum absolute atomic E-state index is 14.4. The highest BCUT2D eigenvalue weighted by Gasteiger charge is 2.35. The van der Waals surface area contributed by atoms with Crippen molar-refractivity contribution in [1.29, 1.82) is 0 Å². The molecule has 5 rings (SSSR count). The Kier molecular flexibility index (Phi) is 11.0. The van der Waals surface area contributed by atoms with Crippen LogP contribution in [0.2, 0.25) is 0 Å². The fourth-order valence-corrected chi connectivity index (χ4v) is 6.82. The highest BCUT2D eigenvalue weighted by atomic mass is 19.4. The van der Waals surface area contributed by atoms with Gasteiger partial charge in [-0.3, -0.25) is 14.5 Å². The number of ether oxygens (including phenoxy) is 2. The molecule has 2 amide bonds. The van der Waals surface area contributed by atoms with Crippen LogP contribution in [-0.2, 0) is 11.3 Å². The van der Waals surface area contributed by atoms with Crippen LogP contribution in [-0.4, -0.2) is 90.5 Å². The van der Waals surface area contributed by atoms with E-state index in [0.29, 0.717) is 17.3 Å². The van der Waals surface area contributed by atoms with Crippen LogP contribution in [0, 0.1) is 23.6 Å². The molecule has 49 heavy (non-hydrogen) atoms. The number of nitrogens with zero attached hydrogens (tertiary/aromatic N) is 3. The number of hydrogen-bond acceptors (Lipinski definition) is 7. The van der Waals surface area contributed by atoms with Gasteiger partial charge in [0, 0.05) is 43.9 Å². The predicted octanol–water partition coefficient (Wildman–Crippen LogP) is 4.97. The quantitative estimate of drug-likeness (QED) is 0.227. The Balaban J connectivity index is 1.36. The van der Waals surface area contributed by atoms with E-state index in [9.17, 15) is 27.2 Å². The maximum Gasteiger partial charge on any atom is 0.406 e. The van der Waals surface area contributed by atoms with Gasteiger partial charge >= 0.3 is 6.18 Å². The van der Waals surface area contributed by atoms with Crippen molar-refractivity contribution in [2.45, 2.75) is 77.0 Å². The first-order valence-corrected chi connectivity index (χ1v) is 16.3. The number of methoxy groups -OCH3 is 1. The fourth-order valence-electron chi connectivity index (χ4n) is 6.82. The summed E-state index contributed by atoms with van der Waals surface area (Å²) < 4.78 is 66.8. The number of imidazole rings is 1. The summed E-state index contributed by atoms with van der Waals surface area (Å²) in [5, 5.41) is 8.49. The number of nitrogens with one attached hydrogen (secondary N) is 3. The van der Waals surface area contributed by atoms with E-state index in [0.717, 1.165) is 49.3 Å². The first kappa shape index (κ1) is 35.9. The molecule has 0 saturated carbocycles. The molecular weight excluding hydrogens is 644 g/mol. The molecule has 0 spiro atoms. The molecule has 14 heteroatoms. The predicted molar refractivity (Wildman–Crippen MR) is 177 cm³/mol. The smallest absolute Gasteiger partial charge is 0.406 e. The molecular formula is C35H42F4N6O4. The summed E-state index contributed by atoms with van der Waals surface area (Å²) in [5.74, 6) is 4.30. The molecule has 2 saturated heterocycles. The lowest BCUT2D eigenvalue weighted by atomic mass is 9.89. The summed E-state index contributed by atoms with van der Waals surface area (Å²) in [5.41, 5.74) is 0.850. The lowest BCUT2D eigenvalue weighted by molar-refractivity contribution is -0.140. The van der Waals surface area contributed by atoms with Crippen molar-refractivity contribution in [3.05, 3.63) is 53.1 Å². The summed E-state index contributed by atoms with van der Waals surface area (Å²) in [7, 11) is 2.74. The number of piperidine rings is 1. The van der Waals surface area contributed by atoms with Gasteiger partial charge in [-0.1, -0.05) is 18.8 Å². The highest BCUT2D eigenvalue weighted by Crippen LogP contribution is 2.30. The average Bonchev–Trinajstić information content (AvgIpc) is 3.43. The number of benzene rings is 2. The topological polar surface area (TPSA) is 110 Å². The van der Waals surface area contributed by atoms with E-state index in [1.807, 2.05) is 0 Å². The van der Waals surface area contributed by atoms with Gasteiger partial charge in [0.1, 0.15) is 23.6 Å². The van der Waals surface area contributed by atoms with Crippen LogP contribution in [0.3, 0.4) is 0 Å². The van der Waals surface area contributed by atoms with Crippen LogP contribution in [0.1, 0.15) is 66.3 Å². The number of fused-ring (bicyclic) bond motifs is 1. The SMILES string of the molecule is CNC(=O)c1cc(NCC#Cc2cc(C(=O)N[C@H]3CCN(C4CC(C)OC(C)C4)C[C@@H]3C)c3ncn(CC(F)(F)F)c3c2)c(OC)cc1F. The summed E-state index contributed by atoms with van der Waals surface area (Å²) in [6.45, 7) is 6.65. The number of carbonyl (C=O) groups excluding carboxylic acids is 2. The molecule has 2 aliphatic heterocycles. The van der Waals surface area contributed by atoms with E-state index in [-0.39, 0.29) is 58.6 Å². The zero-order chi connectivity index (χ0) is 35.5. The Morgan fingerprint density at radius 2 is 1.82 bits per heavy atom. The second-order valence-electron chi connectivity index (χ2n) is 12.9. The van der Waals surface area contributed by atoms with Crippen molar-refractivity contribution in [2.24, 2.45) is 5.92 Å². The summed E-state index contributed by atoms with van der Waals surface area (Å²) in [6, 6.07) is 5.67. The zero-order valence-corrected chi connectivity index (χ0v) is 28.2. The summed E-state index contributed by atoms with van der Waals surface area (Å²) in [4.78, 5) is 32.5. The van der Waals surface area contributed by atoms with E-state index in [1.165, 1.54) is 32.4 Å². The number of halogens is 4. The van der Waals surface area contributed by atoms with Crippen LogP contribution in [0.25, 0.3) is 11.0 Å². The van der Waals surface area contributed by atoms with Crippen LogP contribution < -0.4 is 20.7 Å². The molecule has 0 aliphatic carbocycles. The third kappa shape index (κ3) is 8.63. The van der Waals surface area contributed by atoms with Gasteiger partial charge in [0.25, 0.3) is 11.8 Å². The van der Waals surface area contributed by atoms with E-state index in [2.05, 4.69) is 58.4 Å². The minimum Gasteiger partial charge on any atom is -0.494 e. The van der Waals surface area contributed by atoms with Gasteiger partial charge in [-0.2, -0.15) is 13.2 Å². The van der Waals surface area contributed by atoms with E-state index in [4.69, 9.17) is 9.47 Å². The Hall–Kier alpha value is -4.35. The lowest BCUT2D eigenvalue weighted by Crippen LogP contribution is -2.54. The zero-order valence-electron chi connectivity index (χ0n) is 28.2. The second-order valence-corrected chi connectivity index (χ2v) is 12.9. The van der Waals surface area contributed by atoms with E-state index < -0.39 is 30.4 Å². The molecule has 3 N–H and O–H groups in total. The summed E-state index contributed by atoms with van der Waals surface area (Å²) >= 11 is 0.